The molecule has 1 aliphatic rings. The average Bonchev–Trinajstić information content (AvgIpc) is 3.15. The van der Waals surface area contributed by atoms with Crippen LogP contribution in [-0.2, 0) is 10.9 Å². The summed E-state index contributed by atoms with van der Waals surface area (Å²) in [5.74, 6) is -0.0228. The summed E-state index contributed by atoms with van der Waals surface area (Å²) in [5, 5.41) is 0. The number of halogens is 3. The molecule has 0 aliphatic carbocycles. The van der Waals surface area contributed by atoms with Crippen LogP contribution < -0.4 is 15.4 Å². The quantitative estimate of drug-likeness (QED) is 0.556. The summed E-state index contributed by atoms with van der Waals surface area (Å²) < 4.78 is 53.9. The summed E-state index contributed by atoms with van der Waals surface area (Å²) in [6.07, 6.45) is -3.93. The van der Waals surface area contributed by atoms with Gasteiger partial charge in [-0.1, -0.05) is 18.2 Å². The van der Waals surface area contributed by atoms with Crippen molar-refractivity contribution in [1.29, 1.82) is 0 Å². The highest BCUT2D eigenvalue weighted by molar-refractivity contribution is 5.77. The molecule has 1 atom stereocenters. The minimum absolute atomic E-state index is 0.00885. The fourth-order valence-corrected chi connectivity index (χ4v) is 3.92. The van der Waals surface area contributed by atoms with Crippen molar-refractivity contribution in [2.75, 3.05) is 30.8 Å². The Labute approximate surface area is 192 Å². The van der Waals surface area contributed by atoms with Crippen molar-refractivity contribution in [1.82, 2.24) is 4.90 Å². The number of rotatable bonds is 5. The highest BCUT2D eigenvalue weighted by Gasteiger charge is 2.42. The SMILES string of the molecule is CN(C[C@H]1CCCN1c1c(N)ccc(Oc2ccccc2)c1C(F)(F)F)C(=O)OC(C)(C)C. The number of nitrogens with two attached hydrogens (primary N) is 1. The topological polar surface area (TPSA) is 68.0 Å². The second-order valence-electron chi connectivity index (χ2n) is 9.14. The van der Waals surface area contributed by atoms with E-state index in [1.54, 1.807) is 63.1 Å². The number of benzene rings is 2. The zero-order valence-corrected chi connectivity index (χ0v) is 19.3. The van der Waals surface area contributed by atoms with Crippen LogP contribution in [0.15, 0.2) is 42.5 Å². The molecule has 9 heteroatoms. The molecular weight excluding hydrogens is 435 g/mol. The first-order valence-electron chi connectivity index (χ1n) is 10.8. The molecule has 1 amide bonds. The lowest BCUT2D eigenvalue weighted by atomic mass is 10.1. The monoisotopic (exact) mass is 465 g/mol. The van der Waals surface area contributed by atoms with Crippen molar-refractivity contribution in [2.24, 2.45) is 0 Å². The third kappa shape index (κ3) is 6.03. The number of nitrogens with zero attached hydrogens (tertiary/aromatic N) is 2. The van der Waals surface area contributed by atoms with Crippen LogP contribution in [0.2, 0.25) is 0 Å². The number of carbonyl (C=O) groups excluding carboxylic acids is 1. The zero-order valence-electron chi connectivity index (χ0n) is 19.3. The van der Waals surface area contributed by atoms with Gasteiger partial charge in [0.1, 0.15) is 22.7 Å². The van der Waals surface area contributed by atoms with Gasteiger partial charge in [-0.3, -0.25) is 0 Å². The number of carbonyl (C=O) groups is 1. The summed E-state index contributed by atoms with van der Waals surface area (Å²) >= 11 is 0. The van der Waals surface area contributed by atoms with Gasteiger partial charge in [-0.25, -0.2) is 4.79 Å². The molecule has 33 heavy (non-hydrogen) atoms. The number of alkyl halides is 3. The Bertz CT molecular complexity index is 975. The van der Waals surface area contributed by atoms with Gasteiger partial charge in [0.05, 0.1) is 11.4 Å². The standard InChI is InChI=1S/C24H30F3N3O3/c1-23(2,3)33-22(31)29(4)15-16-9-8-14-30(16)21-18(28)12-13-19(20(21)24(25,26)27)32-17-10-6-5-7-11-17/h5-7,10-13,16H,8-9,14-15,28H2,1-4H3/t16-/m1/s1. The van der Waals surface area contributed by atoms with Crippen LogP contribution in [0.3, 0.4) is 0 Å². The predicted molar refractivity (Wildman–Crippen MR) is 122 cm³/mol. The Morgan fingerprint density at radius 2 is 1.82 bits per heavy atom. The Hall–Kier alpha value is -3.10. The molecule has 1 saturated heterocycles. The van der Waals surface area contributed by atoms with Gasteiger partial charge in [0.2, 0.25) is 0 Å². The highest BCUT2D eigenvalue weighted by Crippen LogP contribution is 2.48. The van der Waals surface area contributed by atoms with Crippen LogP contribution in [0, 0.1) is 0 Å². The van der Waals surface area contributed by atoms with Crippen LogP contribution >= 0.6 is 0 Å². The van der Waals surface area contributed by atoms with Crippen LogP contribution in [0.25, 0.3) is 0 Å². The number of ether oxygens (including phenoxy) is 2. The van der Waals surface area contributed by atoms with E-state index >= 15 is 0 Å². The molecule has 1 fully saturated rings. The summed E-state index contributed by atoms with van der Waals surface area (Å²) in [6.45, 7) is 5.86. The minimum Gasteiger partial charge on any atom is -0.457 e. The van der Waals surface area contributed by atoms with E-state index in [1.165, 1.54) is 17.0 Å². The molecule has 1 aliphatic heterocycles. The molecule has 180 valence electrons. The molecule has 0 saturated carbocycles. The second kappa shape index (κ2) is 9.41. The molecular formula is C24H30F3N3O3. The third-order valence-corrected chi connectivity index (χ3v) is 5.28. The van der Waals surface area contributed by atoms with Crippen molar-refractivity contribution in [3.63, 3.8) is 0 Å². The summed E-state index contributed by atoms with van der Waals surface area (Å²) in [6, 6.07) is 10.6. The lowest BCUT2D eigenvalue weighted by Gasteiger charge is -2.34. The summed E-state index contributed by atoms with van der Waals surface area (Å²) in [7, 11) is 1.58. The molecule has 0 bridgehead atoms. The van der Waals surface area contributed by atoms with E-state index in [4.69, 9.17) is 15.2 Å². The molecule has 0 spiro atoms. The van der Waals surface area contributed by atoms with Gasteiger partial charge < -0.3 is 25.0 Å². The molecule has 3 rings (SSSR count). The summed E-state index contributed by atoms with van der Waals surface area (Å²) in [5.41, 5.74) is 4.40. The van der Waals surface area contributed by atoms with Crippen LogP contribution in [-0.4, -0.2) is 42.8 Å². The zero-order chi connectivity index (χ0) is 24.4. The fraction of sp³-hybridized carbons (Fsp3) is 0.458. The lowest BCUT2D eigenvalue weighted by molar-refractivity contribution is -0.138. The van der Waals surface area contributed by atoms with E-state index in [9.17, 15) is 18.0 Å². The largest absolute Gasteiger partial charge is 0.457 e. The Morgan fingerprint density at radius 3 is 2.42 bits per heavy atom. The van der Waals surface area contributed by atoms with Gasteiger partial charge in [0.15, 0.2) is 0 Å². The Kier molecular flexibility index (Phi) is 7.00. The normalized spacial score (nSPS) is 16.6. The van der Waals surface area contributed by atoms with E-state index in [0.29, 0.717) is 25.1 Å². The van der Waals surface area contributed by atoms with Gasteiger partial charge in [-0.05, 0) is 57.9 Å². The van der Waals surface area contributed by atoms with Crippen molar-refractivity contribution in [3.05, 3.63) is 48.0 Å². The smallest absolute Gasteiger partial charge is 0.422 e. The first-order chi connectivity index (χ1) is 15.4. The number of para-hydroxylation sites is 1. The molecule has 0 unspecified atom stereocenters. The second-order valence-corrected chi connectivity index (χ2v) is 9.14. The third-order valence-electron chi connectivity index (χ3n) is 5.28. The van der Waals surface area contributed by atoms with E-state index in [-0.39, 0.29) is 29.7 Å². The number of anilines is 2. The number of amides is 1. The molecule has 2 N–H and O–H groups in total. The molecule has 1 heterocycles. The van der Waals surface area contributed by atoms with Gasteiger partial charge in [0, 0.05) is 26.2 Å². The first kappa shape index (κ1) is 24.5. The van der Waals surface area contributed by atoms with Gasteiger partial charge >= 0.3 is 12.3 Å². The van der Waals surface area contributed by atoms with Crippen molar-refractivity contribution in [2.45, 2.75) is 51.4 Å². The van der Waals surface area contributed by atoms with Gasteiger partial charge in [-0.15, -0.1) is 0 Å². The maximum absolute atomic E-state index is 14.3. The predicted octanol–water partition coefficient (Wildman–Crippen LogP) is 5.92. The van der Waals surface area contributed by atoms with E-state index in [0.717, 1.165) is 0 Å². The van der Waals surface area contributed by atoms with E-state index in [1.807, 2.05) is 0 Å². The first-order valence-corrected chi connectivity index (χ1v) is 10.8. The van der Waals surface area contributed by atoms with E-state index < -0.39 is 23.4 Å². The van der Waals surface area contributed by atoms with Crippen molar-refractivity contribution in [3.8, 4) is 11.5 Å². The highest BCUT2D eigenvalue weighted by atomic mass is 19.4. The molecule has 0 radical (unpaired) electrons. The Balaban J connectivity index is 1.95. The van der Waals surface area contributed by atoms with Crippen LogP contribution in [0.1, 0.15) is 39.2 Å². The van der Waals surface area contributed by atoms with Crippen LogP contribution in [0.5, 0.6) is 11.5 Å². The van der Waals surface area contributed by atoms with Gasteiger partial charge in [-0.2, -0.15) is 13.2 Å². The molecule has 6 nitrogen and oxygen atoms in total. The van der Waals surface area contributed by atoms with Crippen LogP contribution in [0.4, 0.5) is 29.3 Å². The van der Waals surface area contributed by atoms with Crippen molar-refractivity contribution >= 4 is 17.5 Å². The molecule has 0 aromatic heterocycles. The average molecular weight is 466 g/mol. The number of nitrogen functional groups attached to an aromatic ring is 1. The van der Waals surface area contributed by atoms with Crippen molar-refractivity contribution < 1.29 is 27.4 Å². The minimum atomic E-state index is -4.70. The maximum Gasteiger partial charge on any atom is 0.422 e. The number of likely N-dealkylation sites (N-methyl/N-ethyl adjacent to an activating group) is 1. The number of hydrogen-bond acceptors (Lipinski definition) is 5. The fourth-order valence-electron chi connectivity index (χ4n) is 3.92. The maximum atomic E-state index is 14.3. The number of hydrogen-bond donors (Lipinski definition) is 1. The Morgan fingerprint density at radius 1 is 1.15 bits per heavy atom. The van der Waals surface area contributed by atoms with Gasteiger partial charge in [0.25, 0.3) is 0 Å². The molecule has 2 aromatic carbocycles. The molecule has 2 aromatic rings. The van der Waals surface area contributed by atoms with E-state index in [2.05, 4.69) is 0 Å². The summed E-state index contributed by atoms with van der Waals surface area (Å²) in [4.78, 5) is 15.4. The lowest BCUT2D eigenvalue weighted by Crippen LogP contribution is -2.43.